The summed E-state index contributed by atoms with van der Waals surface area (Å²) >= 11 is 0. The maximum atomic E-state index is 10.7. The molecule has 0 N–H and O–H groups in total. The Morgan fingerprint density at radius 1 is 1.00 bits per heavy atom. The summed E-state index contributed by atoms with van der Waals surface area (Å²) in [6, 6.07) is 12.3. The predicted molar refractivity (Wildman–Crippen MR) is 59.0 cm³/mol. The number of fused-ring (bicyclic) bond motifs is 1. The van der Waals surface area contributed by atoms with E-state index in [2.05, 4.69) is 9.68 Å². The topological polar surface area (TPSA) is 56.2 Å². The molecular weight excluding hydrogens is 206 g/mol. The first-order valence-electron chi connectivity index (χ1n) is 4.69. The summed E-state index contributed by atoms with van der Waals surface area (Å²) in [6.07, 6.45) is 3.10. The van der Waals surface area contributed by atoms with Crippen molar-refractivity contribution in [1.82, 2.24) is 5.16 Å². The van der Waals surface area contributed by atoms with Crippen molar-refractivity contribution in [1.29, 1.82) is 0 Å². The van der Waals surface area contributed by atoms with E-state index in [-0.39, 0.29) is 5.63 Å². The molecule has 16 heavy (non-hydrogen) atoms. The van der Waals surface area contributed by atoms with Crippen LogP contribution < -0.4 is 5.63 Å². The van der Waals surface area contributed by atoms with Crippen LogP contribution in [0.5, 0.6) is 0 Å². The number of benzene rings is 1. The molecule has 0 aliphatic carbocycles. The third-order valence-electron chi connectivity index (χ3n) is 1.88. The lowest BCUT2D eigenvalue weighted by molar-refractivity contribution is 0.420. The van der Waals surface area contributed by atoms with E-state index in [4.69, 9.17) is 4.42 Å². The zero-order valence-electron chi connectivity index (χ0n) is 8.37. The molecule has 2 aromatic heterocycles. The molecule has 0 atom stereocenters. The van der Waals surface area contributed by atoms with Crippen molar-refractivity contribution in [3.05, 3.63) is 65.3 Å². The van der Waals surface area contributed by atoms with Gasteiger partial charge in [0.2, 0.25) is 0 Å². The lowest BCUT2D eigenvalue weighted by Crippen LogP contribution is -1.93. The van der Waals surface area contributed by atoms with Crippen molar-refractivity contribution < 1.29 is 8.94 Å². The van der Waals surface area contributed by atoms with E-state index in [9.17, 15) is 4.79 Å². The smallest absolute Gasteiger partial charge is 0.336 e. The zero-order valence-corrected chi connectivity index (χ0v) is 8.37. The highest BCUT2D eigenvalue weighted by molar-refractivity contribution is 5.75. The van der Waals surface area contributed by atoms with Gasteiger partial charge in [0.1, 0.15) is 11.8 Å². The minimum Gasteiger partial charge on any atom is -0.423 e. The third-order valence-corrected chi connectivity index (χ3v) is 1.88. The summed E-state index contributed by atoms with van der Waals surface area (Å²) in [6.45, 7) is 0. The minimum absolute atomic E-state index is 0.302. The van der Waals surface area contributed by atoms with Crippen LogP contribution in [-0.2, 0) is 0 Å². The van der Waals surface area contributed by atoms with Crippen molar-refractivity contribution in [2.45, 2.75) is 0 Å². The molecule has 1 aromatic carbocycles. The van der Waals surface area contributed by atoms with Crippen molar-refractivity contribution in [3.63, 3.8) is 0 Å². The molecule has 3 rings (SSSR count). The van der Waals surface area contributed by atoms with E-state index in [1.54, 1.807) is 24.4 Å². The van der Waals surface area contributed by atoms with Crippen molar-refractivity contribution in [2.24, 2.45) is 0 Å². The molecule has 0 fully saturated rings. The number of hydrogen-bond donors (Lipinski definition) is 0. The Balaban J connectivity index is 0.000000162. The van der Waals surface area contributed by atoms with E-state index < -0.39 is 0 Å². The zero-order chi connectivity index (χ0) is 11.2. The second kappa shape index (κ2) is 4.93. The number of aromatic nitrogens is 1. The summed E-state index contributed by atoms with van der Waals surface area (Å²) in [4.78, 5) is 10.7. The second-order valence-electron chi connectivity index (χ2n) is 2.98. The summed E-state index contributed by atoms with van der Waals surface area (Å²) in [5.41, 5.74) is 0.337. The van der Waals surface area contributed by atoms with Gasteiger partial charge in [-0.15, -0.1) is 0 Å². The van der Waals surface area contributed by atoms with Crippen LogP contribution >= 0.6 is 0 Å². The van der Waals surface area contributed by atoms with Gasteiger partial charge >= 0.3 is 5.63 Å². The minimum atomic E-state index is -0.302. The Hall–Kier alpha value is -2.36. The van der Waals surface area contributed by atoms with E-state index in [0.717, 1.165) is 5.39 Å². The molecule has 0 aliphatic heterocycles. The van der Waals surface area contributed by atoms with Crippen LogP contribution in [0.2, 0.25) is 0 Å². The normalized spacial score (nSPS) is 9.50. The Morgan fingerprint density at radius 2 is 1.88 bits per heavy atom. The van der Waals surface area contributed by atoms with Crippen molar-refractivity contribution >= 4 is 11.0 Å². The third kappa shape index (κ3) is 2.57. The number of hydrogen-bond acceptors (Lipinski definition) is 4. The summed E-state index contributed by atoms with van der Waals surface area (Å²) in [5.74, 6) is 0. The second-order valence-corrected chi connectivity index (χ2v) is 2.98. The molecule has 4 heteroatoms. The van der Waals surface area contributed by atoms with Gasteiger partial charge in [0, 0.05) is 11.5 Å². The highest BCUT2D eigenvalue weighted by atomic mass is 16.5. The van der Waals surface area contributed by atoms with Gasteiger partial charge in [0.05, 0.1) is 6.20 Å². The molecule has 4 nitrogen and oxygen atoms in total. The average molecular weight is 215 g/mol. The first-order chi connectivity index (χ1) is 7.86. The molecule has 0 amide bonds. The monoisotopic (exact) mass is 215 g/mol. The van der Waals surface area contributed by atoms with Gasteiger partial charge in [0.25, 0.3) is 0 Å². The van der Waals surface area contributed by atoms with Crippen LogP contribution in [0.25, 0.3) is 11.0 Å². The van der Waals surface area contributed by atoms with Crippen LogP contribution in [0.15, 0.2) is 68.7 Å². The molecule has 0 radical (unpaired) electrons. The van der Waals surface area contributed by atoms with E-state index in [1.165, 1.54) is 12.3 Å². The summed E-state index contributed by atoms with van der Waals surface area (Å²) < 4.78 is 9.24. The lowest BCUT2D eigenvalue weighted by Gasteiger charge is -1.91. The maximum absolute atomic E-state index is 10.7. The maximum Gasteiger partial charge on any atom is 0.336 e. The van der Waals surface area contributed by atoms with Gasteiger partial charge in [-0.05, 0) is 18.2 Å². The standard InChI is InChI=1S/C9H6O2.C3H3NO/c10-9-6-5-7-3-1-2-4-8(7)11-9;1-2-4-5-3-1/h1-6H;1-3H. The molecule has 0 saturated heterocycles. The van der Waals surface area contributed by atoms with Gasteiger partial charge in [-0.2, -0.15) is 0 Å². The molecular formula is C12H9NO3. The van der Waals surface area contributed by atoms with Crippen LogP contribution in [0.3, 0.4) is 0 Å². The molecule has 0 spiro atoms. The molecule has 80 valence electrons. The van der Waals surface area contributed by atoms with E-state index >= 15 is 0 Å². The van der Waals surface area contributed by atoms with Gasteiger partial charge in [-0.1, -0.05) is 23.4 Å². The summed E-state index contributed by atoms with van der Waals surface area (Å²) in [5, 5.41) is 4.30. The quantitative estimate of drug-likeness (QED) is 0.540. The SMILES string of the molecule is O=c1ccc2ccccc2o1.c1cnoc1. The molecule has 0 bridgehead atoms. The van der Waals surface area contributed by atoms with Crippen molar-refractivity contribution in [3.8, 4) is 0 Å². The van der Waals surface area contributed by atoms with Gasteiger partial charge < -0.3 is 8.94 Å². The Bertz CT molecular complexity index is 582. The fraction of sp³-hybridized carbons (Fsp3) is 0. The molecule has 3 aromatic rings. The number of rotatable bonds is 0. The van der Waals surface area contributed by atoms with Crippen molar-refractivity contribution in [2.75, 3.05) is 0 Å². The highest BCUT2D eigenvalue weighted by Gasteiger charge is 1.92. The van der Waals surface area contributed by atoms with Crippen LogP contribution in [-0.4, -0.2) is 5.16 Å². The first kappa shape index (κ1) is 10.2. The van der Waals surface area contributed by atoms with Crippen LogP contribution in [0.1, 0.15) is 0 Å². The lowest BCUT2D eigenvalue weighted by atomic mass is 10.2. The highest BCUT2D eigenvalue weighted by Crippen LogP contribution is 2.08. The Labute approximate surface area is 91.1 Å². The van der Waals surface area contributed by atoms with Crippen LogP contribution in [0.4, 0.5) is 0 Å². The van der Waals surface area contributed by atoms with E-state index in [0.29, 0.717) is 5.58 Å². The van der Waals surface area contributed by atoms with Gasteiger partial charge in [0.15, 0.2) is 0 Å². The van der Waals surface area contributed by atoms with Gasteiger partial charge in [-0.25, -0.2) is 4.79 Å². The Morgan fingerprint density at radius 3 is 2.56 bits per heavy atom. The molecule has 0 unspecified atom stereocenters. The molecule has 2 heterocycles. The van der Waals surface area contributed by atoms with Gasteiger partial charge in [-0.3, -0.25) is 0 Å². The van der Waals surface area contributed by atoms with E-state index in [1.807, 2.05) is 18.2 Å². The first-order valence-corrected chi connectivity index (χ1v) is 4.69. The predicted octanol–water partition coefficient (Wildman–Crippen LogP) is 2.47. The Kier molecular flexibility index (Phi) is 3.13. The number of nitrogens with zero attached hydrogens (tertiary/aromatic N) is 1. The fourth-order valence-corrected chi connectivity index (χ4v) is 1.19. The van der Waals surface area contributed by atoms with Crippen LogP contribution in [0, 0.1) is 0 Å². The average Bonchev–Trinajstić information content (AvgIpc) is 2.87. The largest absolute Gasteiger partial charge is 0.423 e. The molecule has 0 saturated carbocycles. The fourth-order valence-electron chi connectivity index (χ4n) is 1.19. The number of para-hydroxylation sites is 1. The summed E-state index contributed by atoms with van der Waals surface area (Å²) in [7, 11) is 0. The molecule has 0 aliphatic rings.